The van der Waals surface area contributed by atoms with E-state index >= 15 is 0 Å². The van der Waals surface area contributed by atoms with E-state index in [0.29, 0.717) is 0 Å². The zero-order valence-electron chi connectivity index (χ0n) is 17.8. The van der Waals surface area contributed by atoms with E-state index in [1.54, 1.807) is 12.1 Å². The molecule has 0 bridgehead atoms. The number of hydrogen-bond acceptors (Lipinski definition) is 4. The number of carbonyl (C=O) groups excluding carboxylic acids is 3. The molecule has 0 radical (unpaired) electrons. The molecular weight excluding hydrogens is 542 g/mol. The summed E-state index contributed by atoms with van der Waals surface area (Å²) in [5.41, 5.74) is -1.01. The first-order valence-electron chi connectivity index (χ1n) is 10.1. The second kappa shape index (κ2) is 9.85. The number of anilines is 3. The summed E-state index contributed by atoms with van der Waals surface area (Å²) in [6.07, 6.45) is -4.70. The summed E-state index contributed by atoms with van der Waals surface area (Å²) in [7, 11) is 0. The monoisotopic (exact) mass is 553 g/mol. The quantitative estimate of drug-likeness (QED) is 0.344. The van der Waals surface area contributed by atoms with E-state index in [2.05, 4.69) is 10.6 Å². The first kappa shape index (κ1) is 25.6. The Bertz CT molecular complexity index is 1440. The summed E-state index contributed by atoms with van der Waals surface area (Å²) in [5.74, 6) is -2.26. The fraction of sp³-hybridized carbons (Fsp3) is 0.0417. The summed E-state index contributed by atoms with van der Waals surface area (Å²) < 4.78 is 39.3. The average molecular weight is 555 g/mol. The molecule has 1 aliphatic rings. The SMILES string of the molecule is O=C(Nc1ccc(Cl)c(C(F)(F)F)c1)c1cccc(NC2=C(Cl)C(=O)N(c3ccccc3Cl)C2=O)c1. The number of rotatable bonds is 5. The van der Waals surface area contributed by atoms with Gasteiger partial charge in [0.05, 0.1) is 21.3 Å². The van der Waals surface area contributed by atoms with Crippen molar-refractivity contribution in [2.45, 2.75) is 6.18 Å². The van der Waals surface area contributed by atoms with Gasteiger partial charge in [0.25, 0.3) is 17.7 Å². The van der Waals surface area contributed by atoms with Crippen LogP contribution < -0.4 is 15.5 Å². The summed E-state index contributed by atoms with van der Waals surface area (Å²) in [6.45, 7) is 0. The number of nitrogens with one attached hydrogen (secondary N) is 2. The first-order valence-corrected chi connectivity index (χ1v) is 11.2. The zero-order valence-corrected chi connectivity index (χ0v) is 20.1. The molecule has 1 heterocycles. The molecule has 3 amide bonds. The molecule has 184 valence electrons. The molecule has 0 saturated heterocycles. The highest BCUT2D eigenvalue weighted by atomic mass is 35.5. The maximum atomic E-state index is 13.1. The number of amides is 3. The summed E-state index contributed by atoms with van der Waals surface area (Å²) in [6, 6.07) is 14.9. The lowest BCUT2D eigenvalue weighted by Crippen LogP contribution is -2.32. The standard InChI is InChI=1S/C24H13Cl3F3N3O3/c25-16-9-8-14(11-15(16)24(28,29)30)32-21(34)12-4-3-5-13(10-12)31-20-19(27)22(35)33(23(20)36)18-7-2-1-6-17(18)26/h1-11,31H,(H,32,34). The van der Waals surface area contributed by atoms with E-state index in [1.807, 2.05) is 0 Å². The Morgan fingerprint density at radius 3 is 2.22 bits per heavy atom. The average Bonchev–Trinajstić information content (AvgIpc) is 3.03. The van der Waals surface area contributed by atoms with Crippen LogP contribution in [0.5, 0.6) is 0 Å². The summed E-state index contributed by atoms with van der Waals surface area (Å²) in [4.78, 5) is 39.1. The second-order valence-corrected chi connectivity index (χ2v) is 8.63. The highest BCUT2D eigenvalue weighted by Crippen LogP contribution is 2.37. The molecule has 3 aromatic rings. The molecule has 0 fully saturated rings. The molecule has 12 heteroatoms. The van der Waals surface area contributed by atoms with Crippen molar-refractivity contribution in [2.75, 3.05) is 15.5 Å². The van der Waals surface area contributed by atoms with E-state index < -0.39 is 34.5 Å². The molecule has 36 heavy (non-hydrogen) atoms. The normalized spacial score (nSPS) is 13.9. The molecule has 0 atom stereocenters. The molecule has 0 unspecified atom stereocenters. The minimum absolute atomic E-state index is 0.0555. The topological polar surface area (TPSA) is 78.5 Å². The Hall–Kier alpha value is -3.53. The third-order valence-corrected chi connectivity index (χ3v) is 6.04. The van der Waals surface area contributed by atoms with Crippen LogP contribution in [-0.4, -0.2) is 17.7 Å². The van der Waals surface area contributed by atoms with Gasteiger partial charge < -0.3 is 10.6 Å². The van der Waals surface area contributed by atoms with Crippen LogP contribution in [0.2, 0.25) is 10.0 Å². The van der Waals surface area contributed by atoms with E-state index in [-0.39, 0.29) is 38.4 Å². The summed E-state index contributed by atoms with van der Waals surface area (Å²) >= 11 is 17.8. The van der Waals surface area contributed by atoms with Crippen molar-refractivity contribution in [3.05, 3.63) is 98.6 Å². The van der Waals surface area contributed by atoms with Gasteiger partial charge in [-0.05, 0) is 48.5 Å². The van der Waals surface area contributed by atoms with E-state index in [0.717, 1.165) is 17.0 Å². The van der Waals surface area contributed by atoms with Crippen molar-refractivity contribution >= 4 is 69.6 Å². The number of nitrogens with zero attached hydrogens (tertiary/aromatic N) is 1. The van der Waals surface area contributed by atoms with Crippen molar-refractivity contribution in [3.8, 4) is 0 Å². The van der Waals surface area contributed by atoms with E-state index in [4.69, 9.17) is 34.8 Å². The van der Waals surface area contributed by atoms with Gasteiger partial charge in [-0.1, -0.05) is 53.0 Å². The maximum Gasteiger partial charge on any atom is 0.417 e. The van der Waals surface area contributed by atoms with Crippen molar-refractivity contribution < 1.29 is 27.6 Å². The van der Waals surface area contributed by atoms with Gasteiger partial charge in [0.15, 0.2) is 0 Å². The van der Waals surface area contributed by atoms with E-state index in [9.17, 15) is 27.6 Å². The van der Waals surface area contributed by atoms with Crippen molar-refractivity contribution in [1.29, 1.82) is 0 Å². The minimum Gasteiger partial charge on any atom is -0.350 e. The van der Waals surface area contributed by atoms with Crippen LogP contribution >= 0.6 is 34.8 Å². The van der Waals surface area contributed by atoms with Gasteiger partial charge in [-0.2, -0.15) is 13.2 Å². The fourth-order valence-corrected chi connectivity index (χ4v) is 4.03. The lowest BCUT2D eigenvalue weighted by Gasteiger charge is -2.16. The van der Waals surface area contributed by atoms with Crippen LogP contribution in [0.25, 0.3) is 0 Å². The minimum atomic E-state index is -4.70. The lowest BCUT2D eigenvalue weighted by molar-refractivity contribution is -0.137. The third-order valence-electron chi connectivity index (χ3n) is 5.04. The van der Waals surface area contributed by atoms with Crippen LogP contribution in [0.15, 0.2) is 77.5 Å². The van der Waals surface area contributed by atoms with Crippen LogP contribution in [0, 0.1) is 0 Å². The first-order chi connectivity index (χ1) is 17.0. The molecule has 0 saturated carbocycles. The van der Waals surface area contributed by atoms with Crippen LogP contribution in [0.3, 0.4) is 0 Å². The van der Waals surface area contributed by atoms with Gasteiger partial charge in [0.2, 0.25) is 0 Å². The fourth-order valence-electron chi connectivity index (χ4n) is 3.37. The van der Waals surface area contributed by atoms with Gasteiger partial charge in [-0.25, -0.2) is 4.90 Å². The van der Waals surface area contributed by atoms with Crippen LogP contribution in [-0.2, 0) is 15.8 Å². The second-order valence-electron chi connectivity index (χ2n) is 7.44. The number of carbonyl (C=O) groups is 3. The highest BCUT2D eigenvalue weighted by molar-refractivity contribution is 6.53. The van der Waals surface area contributed by atoms with Crippen LogP contribution in [0.4, 0.5) is 30.2 Å². The van der Waals surface area contributed by atoms with Gasteiger partial charge in [0.1, 0.15) is 10.7 Å². The van der Waals surface area contributed by atoms with Crippen molar-refractivity contribution in [3.63, 3.8) is 0 Å². The molecule has 6 nitrogen and oxygen atoms in total. The Morgan fingerprint density at radius 1 is 0.806 bits per heavy atom. The van der Waals surface area contributed by atoms with Crippen molar-refractivity contribution in [2.24, 2.45) is 0 Å². The van der Waals surface area contributed by atoms with Gasteiger partial charge >= 0.3 is 6.18 Å². The summed E-state index contributed by atoms with van der Waals surface area (Å²) in [5, 5.41) is 4.39. The molecule has 1 aliphatic heterocycles. The predicted molar refractivity (Wildman–Crippen MR) is 131 cm³/mol. The highest BCUT2D eigenvalue weighted by Gasteiger charge is 2.40. The number of halogens is 6. The smallest absolute Gasteiger partial charge is 0.350 e. The largest absolute Gasteiger partial charge is 0.417 e. The van der Waals surface area contributed by atoms with Gasteiger partial charge in [-0.15, -0.1) is 0 Å². The molecule has 2 N–H and O–H groups in total. The number of hydrogen-bond donors (Lipinski definition) is 2. The number of alkyl halides is 3. The van der Waals surface area contributed by atoms with Gasteiger partial charge in [0, 0.05) is 16.9 Å². The molecule has 0 aliphatic carbocycles. The third kappa shape index (κ3) is 5.04. The van der Waals surface area contributed by atoms with Crippen molar-refractivity contribution in [1.82, 2.24) is 0 Å². The van der Waals surface area contributed by atoms with E-state index in [1.165, 1.54) is 42.5 Å². The Labute approximate surface area is 217 Å². The Balaban J connectivity index is 1.55. The number of para-hydroxylation sites is 1. The molecule has 0 spiro atoms. The molecular formula is C24H13Cl3F3N3O3. The van der Waals surface area contributed by atoms with Gasteiger partial charge in [-0.3, -0.25) is 14.4 Å². The molecule has 4 rings (SSSR count). The molecule has 0 aromatic heterocycles. The zero-order chi connectivity index (χ0) is 26.2. The maximum absolute atomic E-state index is 13.1. The van der Waals surface area contributed by atoms with Crippen LogP contribution in [0.1, 0.15) is 15.9 Å². The lowest BCUT2D eigenvalue weighted by atomic mass is 10.1. The Kier molecular flexibility index (Phi) is 6.99. The number of imide groups is 1. The molecule has 3 aromatic carbocycles. The predicted octanol–water partition coefficient (Wildman–Crippen LogP) is 6.70. The number of benzene rings is 3. The Morgan fingerprint density at radius 2 is 1.53 bits per heavy atom.